The third-order valence-electron chi connectivity index (χ3n) is 3.11. The van der Waals surface area contributed by atoms with Crippen LogP contribution in [0.25, 0.3) is 0 Å². The molecule has 1 heterocycles. The number of carbonyl (C=O) groups excluding carboxylic acids is 1. The first-order valence-corrected chi connectivity index (χ1v) is 7.06. The molecule has 0 spiro atoms. The van der Waals surface area contributed by atoms with Gasteiger partial charge in [-0.05, 0) is 44.2 Å². The van der Waals surface area contributed by atoms with Crippen molar-refractivity contribution in [2.45, 2.75) is 26.3 Å². The number of hydrogen-bond donors (Lipinski definition) is 3. The summed E-state index contributed by atoms with van der Waals surface area (Å²) in [7, 11) is 0. The van der Waals surface area contributed by atoms with Crippen molar-refractivity contribution in [1.29, 1.82) is 0 Å². The van der Waals surface area contributed by atoms with E-state index in [-0.39, 0.29) is 11.9 Å². The van der Waals surface area contributed by atoms with Crippen molar-refractivity contribution in [2.75, 3.05) is 17.6 Å². The molecule has 5 heteroatoms. The van der Waals surface area contributed by atoms with Crippen LogP contribution >= 0.6 is 0 Å². The van der Waals surface area contributed by atoms with E-state index in [0.29, 0.717) is 17.8 Å². The monoisotopic (exact) mass is 287 g/mol. The molecule has 0 saturated carbocycles. The molecule has 1 amide bonds. The molecule has 2 aromatic rings. The lowest BCUT2D eigenvalue weighted by Crippen LogP contribution is -2.26. The van der Waals surface area contributed by atoms with Crippen LogP contribution in [0, 0.1) is 0 Å². The molecular formula is C16H21N3O2. The maximum atomic E-state index is 12.1. The highest BCUT2D eigenvalue weighted by Crippen LogP contribution is 2.21. The highest BCUT2D eigenvalue weighted by molar-refractivity contribution is 6.00. The van der Waals surface area contributed by atoms with Gasteiger partial charge in [-0.25, -0.2) is 0 Å². The predicted octanol–water partition coefficient (Wildman–Crippen LogP) is 2.65. The SMILES string of the molecule is CCNC(=O)c1ccc(N)cc1NC(C)Cc1ccco1. The van der Waals surface area contributed by atoms with Gasteiger partial charge in [0.05, 0.1) is 11.8 Å². The maximum Gasteiger partial charge on any atom is 0.253 e. The van der Waals surface area contributed by atoms with E-state index >= 15 is 0 Å². The van der Waals surface area contributed by atoms with Crippen molar-refractivity contribution >= 4 is 17.3 Å². The van der Waals surface area contributed by atoms with E-state index in [1.807, 2.05) is 26.0 Å². The number of amides is 1. The molecule has 0 radical (unpaired) electrons. The molecule has 0 saturated heterocycles. The van der Waals surface area contributed by atoms with Crippen LogP contribution in [0.5, 0.6) is 0 Å². The fourth-order valence-electron chi connectivity index (χ4n) is 2.18. The van der Waals surface area contributed by atoms with Gasteiger partial charge in [0.1, 0.15) is 5.76 Å². The Morgan fingerprint density at radius 3 is 2.86 bits per heavy atom. The summed E-state index contributed by atoms with van der Waals surface area (Å²) in [6.07, 6.45) is 2.39. The molecule has 0 aliphatic heterocycles. The zero-order valence-electron chi connectivity index (χ0n) is 12.3. The number of nitrogen functional groups attached to an aromatic ring is 1. The van der Waals surface area contributed by atoms with Gasteiger partial charge in [-0.3, -0.25) is 4.79 Å². The minimum atomic E-state index is -0.106. The largest absolute Gasteiger partial charge is 0.469 e. The molecule has 2 rings (SSSR count). The molecule has 0 bridgehead atoms. The summed E-state index contributed by atoms with van der Waals surface area (Å²) in [4.78, 5) is 12.1. The minimum absolute atomic E-state index is 0.106. The van der Waals surface area contributed by atoms with Gasteiger partial charge in [0.15, 0.2) is 0 Å². The van der Waals surface area contributed by atoms with Crippen molar-refractivity contribution in [3.63, 3.8) is 0 Å². The van der Waals surface area contributed by atoms with Gasteiger partial charge in [0, 0.05) is 30.4 Å². The topological polar surface area (TPSA) is 80.3 Å². The van der Waals surface area contributed by atoms with Crippen LogP contribution in [0.2, 0.25) is 0 Å². The number of anilines is 2. The molecule has 4 N–H and O–H groups in total. The standard InChI is InChI=1S/C16H21N3O2/c1-3-18-16(20)14-7-6-12(17)10-15(14)19-11(2)9-13-5-4-8-21-13/h4-8,10-11,19H,3,9,17H2,1-2H3,(H,18,20). The molecule has 1 aromatic heterocycles. The first kappa shape index (κ1) is 15.0. The lowest BCUT2D eigenvalue weighted by atomic mass is 10.1. The molecule has 0 aliphatic rings. The molecule has 21 heavy (non-hydrogen) atoms. The van der Waals surface area contributed by atoms with E-state index in [9.17, 15) is 4.79 Å². The Kier molecular flexibility index (Phi) is 4.87. The molecule has 1 atom stereocenters. The van der Waals surface area contributed by atoms with E-state index in [1.165, 1.54) is 0 Å². The smallest absolute Gasteiger partial charge is 0.253 e. The summed E-state index contributed by atoms with van der Waals surface area (Å²) in [5, 5.41) is 6.13. The van der Waals surface area contributed by atoms with Gasteiger partial charge in [-0.1, -0.05) is 0 Å². The fourth-order valence-corrected chi connectivity index (χ4v) is 2.18. The summed E-state index contributed by atoms with van der Waals surface area (Å²) in [6, 6.07) is 9.16. The Bertz CT molecular complexity index is 594. The lowest BCUT2D eigenvalue weighted by Gasteiger charge is -2.17. The van der Waals surface area contributed by atoms with Gasteiger partial charge in [-0.2, -0.15) is 0 Å². The average Bonchev–Trinajstić information content (AvgIpc) is 2.91. The number of nitrogens with one attached hydrogen (secondary N) is 2. The summed E-state index contributed by atoms with van der Waals surface area (Å²) in [6.45, 7) is 4.51. The minimum Gasteiger partial charge on any atom is -0.469 e. The van der Waals surface area contributed by atoms with Crippen molar-refractivity contribution in [3.8, 4) is 0 Å². The Morgan fingerprint density at radius 2 is 2.19 bits per heavy atom. The molecule has 0 fully saturated rings. The van der Waals surface area contributed by atoms with Crippen LogP contribution in [0.1, 0.15) is 30.0 Å². The summed E-state index contributed by atoms with van der Waals surface area (Å²) >= 11 is 0. The van der Waals surface area contributed by atoms with Gasteiger partial charge in [-0.15, -0.1) is 0 Å². The second kappa shape index (κ2) is 6.83. The van der Waals surface area contributed by atoms with Crippen LogP contribution in [0.15, 0.2) is 41.0 Å². The Balaban J connectivity index is 2.13. The average molecular weight is 287 g/mol. The number of carbonyl (C=O) groups is 1. The number of rotatable bonds is 6. The molecule has 1 aromatic carbocycles. The fraction of sp³-hybridized carbons (Fsp3) is 0.312. The van der Waals surface area contributed by atoms with Crippen LogP contribution in [0.4, 0.5) is 11.4 Å². The quantitative estimate of drug-likeness (QED) is 0.714. The van der Waals surface area contributed by atoms with Gasteiger partial charge < -0.3 is 20.8 Å². The zero-order valence-corrected chi connectivity index (χ0v) is 12.3. The summed E-state index contributed by atoms with van der Waals surface area (Å²) < 4.78 is 5.34. The van der Waals surface area contributed by atoms with Gasteiger partial charge >= 0.3 is 0 Å². The highest BCUT2D eigenvalue weighted by Gasteiger charge is 2.13. The first-order valence-electron chi connectivity index (χ1n) is 7.06. The molecule has 1 unspecified atom stereocenters. The summed E-state index contributed by atoms with van der Waals surface area (Å²) in [5.41, 5.74) is 7.78. The Hall–Kier alpha value is -2.43. The van der Waals surface area contributed by atoms with Gasteiger partial charge in [0.2, 0.25) is 0 Å². The third-order valence-corrected chi connectivity index (χ3v) is 3.11. The van der Waals surface area contributed by atoms with E-state index in [4.69, 9.17) is 10.2 Å². The number of nitrogens with two attached hydrogens (primary N) is 1. The molecule has 5 nitrogen and oxygen atoms in total. The predicted molar refractivity (Wildman–Crippen MR) is 84.4 cm³/mol. The number of furan rings is 1. The van der Waals surface area contributed by atoms with Crippen LogP contribution < -0.4 is 16.4 Å². The molecule has 0 aliphatic carbocycles. The van der Waals surface area contributed by atoms with Crippen LogP contribution in [-0.4, -0.2) is 18.5 Å². The van der Waals surface area contributed by atoms with E-state index in [0.717, 1.165) is 17.9 Å². The van der Waals surface area contributed by atoms with Crippen molar-refractivity contribution in [1.82, 2.24) is 5.32 Å². The Morgan fingerprint density at radius 1 is 1.38 bits per heavy atom. The normalized spacial score (nSPS) is 11.9. The maximum absolute atomic E-state index is 12.1. The second-order valence-electron chi connectivity index (χ2n) is 4.99. The highest BCUT2D eigenvalue weighted by atomic mass is 16.3. The first-order chi connectivity index (χ1) is 10.1. The zero-order chi connectivity index (χ0) is 15.2. The van der Waals surface area contributed by atoms with E-state index in [1.54, 1.807) is 24.5 Å². The molecular weight excluding hydrogens is 266 g/mol. The van der Waals surface area contributed by atoms with Crippen LogP contribution in [0.3, 0.4) is 0 Å². The van der Waals surface area contributed by atoms with E-state index < -0.39 is 0 Å². The number of hydrogen-bond acceptors (Lipinski definition) is 4. The summed E-state index contributed by atoms with van der Waals surface area (Å²) in [5.74, 6) is 0.795. The van der Waals surface area contributed by atoms with E-state index in [2.05, 4.69) is 10.6 Å². The van der Waals surface area contributed by atoms with Crippen molar-refractivity contribution < 1.29 is 9.21 Å². The lowest BCUT2D eigenvalue weighted by molar-refractivity contribution is 0.0956. The van der Waals surface area contributed by atoms with Crippen molar-refractivity contribution in [3.05, 3.63) is 47.9 Å². The third kappa shape index (κ3) is 4.02. The molecule has 112 valence electrons. The number of benzene rings is 1. The van der Waals surface area contributed by atoms with Crippen LogP contribution in [-0.2, 0) is 6.42 Å². The van der Waals surface area contributed by atoms with Gasteiger partial charge in [0.25, 0.3) is 5.91 Å². The second-order valence-corrected chi connectivity index (χ2v) is 4.99. The Labute approximate surface area is 124 Å². The van der Waals surface area contributed by atoms with Crippen molar-refractivity contribution in [2.24, 2.45) is 0 Å².